The van der Waals surface area contributed by atoms with Crippen molar-refractivity contribution in [2.45, 2.75) is 26.0 Å². The molecule has 5 heteroatoms. The summed E-state index contributed by atoms with van der Waals surface area (Å²) in [7, 11) is 1.59. The van der Waals surface area contributed by atoms with Crippen molar-refractivity contribution in [1.82, 2.24) is 5.32 Å². The van der Waals surface area contributed by atoms with Crippen LogP contribution in [-0.2, 0) is 17.9 Å². The molecule has 1 unspecified atom stereocenters. The Labute approximate surface area is 134 Å². The minimum atomic E-state index is -0.450. The van der Waals surface area contributed by atoms with Gasteiger partial charge in [-0.15, -0.1) is 0 Å². The zero-order chi connectivity index (χ0) is 16.8. The fourth-order valence-corrected chi connectivity index (χ4v) is 2.25. The lowest BCUT2D eigenvalue weighted by molar-refractivity contribution is -0.122. The zero-order valence-corrected chi connectivity index (χ0v) is 13.2. The van der Waals surface area contributed by atoms with Gasteiger partial charge in [0.15, 0.2) is 0 Å². The van der Waals surface area contributed by atoms with Crippen molar-refractivity contribution in [1.29, 1.82) is 0 Å². The molecule has 2 aromatic rings. The summed E-state index contributed by atoms with van der Waals surface area (Å²) in [6.07, 6.45) is 0. The normalized spacial score (nSPS) is 11.8. The van der Waals surface area contributed by atoms with Gasteiger partial charge in [0.25, 0.3) is 0 Å². The third kappa shape index (κ3) is 4.29. The Kier molecular flexibility index (Phi) is 5.71. The van der Waals surface area contributed by atoms with Gasteiger partial charge in [0.05, 0.1) is 19.6 Å². The molecule has 0 fully saturated rings. The lowest BCUT2D eigenvalue weighted by atomic mass is 10.00. The van der Waals surface area contributed by atoms with Gasteiger partial charge in [0, 0.05) is 12.1 Å². The summed E-state index contributed by atoms with van der Waals surface area (Å²) in [6.45, 7) is 1.74. The number of halogens is 1. The number of benzene rings is 2. The molecule has 2 N–H and O–H groups in total. The Morgan fingerprint density at radius 3 is 2.57 bits per heavy atom. The third-order valence-corrected chi connectivity index (χ3v) is 3.76. The predicted octanol–water partition coefficient (Wildman–Crippen LogP) is 2.75. The summed E-state index contributed by atoms with van der Waals surface area (Å²) < 4.78 is 18.4. The van der Waals surface area contributed by atoms with Crippen LogP contribution in [-0.4, -0.2) is 18.1 Å². The molecule has 4 nitrogen and oxygen atoms in total. The fraction of sp³-hybridized carbons (Fsp3) is 0.278. The van der Waals surface area contributed by atoms with E-state index in [4.69, 9.17) is 9.84 Å². The third-order valence-electron chi connectivity index (χ3n) is 3.76. The molecule has 0 aliphatic rings. The van der Waals surface area contributed by atoms with E-state index in [2.05, 4.69) is 5.32 Å². The molecule has 2 aromatic carbocycles. The summed E-state index contributed by atoms with van der Waals surface area (Å²) >= 11 is 0. The van der Waals surface area contributed by atoms with Crippen LogP contribution in [0.2, 0.25) is 0 Å². The number of aliphatic hydroxyl groups excluding tert-OH is 1. The SMILES string of the molecule is COc1ccc(C(C)C(=O)NCc2ccc(F)c(CO)c2)cc1. The molecule has 0 saturated heterocycles. The molecule has 0 bridgehead atoms. The molecule has 23 heavy (non-hydrogen) atoms. The number of methoxy groups -OCH3 is 1. The molecule has 122 valence electrons. The van der Waals surface area contributed by atoms with Gasteiger partial charge in [-0.3, -0.25) is 4.79 Å². The molecule has 0 heterocycles. The van der Waals surface area contributed by atoms with Gasteiger partial charge in [-0.1, -0.05) is 18.2 Å². The van der Waals surface area contributed by atoms with E-state index in [-0.39, 0.29) is 30.5 Å². The number of hydrogen-bond donors (Lipinski definition) is 2. The van der Waals surface area contributed by atoms with Crippen LogP contribution in [0, 0.1) is 5.82 Å². The van der Waals surface area contributed by atoms with E-state index in [1.165, 1.54) is 6.07 Å². The van der Waals surface area contributed by atoms with Crippen molar-refractivity contribution < 1.29 is 19.0 Å². The van der Waals surface area contributed by atoms with E-state index in [0.717, 1.165) is 16.9 Å². The summed E-state index contributed by atoms with van der Waals surface area (Å²) in [5.74, 6) is -0.137. The first-order valence-corrected chi connectivity index (χ1v) is 7.35. The molecule has 0 spiro atoms. The zero-order valence-electron chi connectivity index (χ0n) is 13.2. The minimum absolute atomic E-state index is 0.120. The number of nitrogens with one attached hydrogen (secondary N) is 1. The van der Waals surface area contributed by atoms with Crippen LogP contribution in [0.25, 0.3) is 0 Å². The van der Waals surface area contributed by atoms with Crippen LogP contribution < -0.4 is 10.1 Å². The van der Waals surface area contributed by atoms with Crippen LogP contribution in [0.1, 0.15) is 29.5 Å². The van der Waals surface area contributed by atoms with Gasteiger partial charge >= 0.3 is 0 Å². The molecule has 1 atom stereocenters. The monoisotopic (exact) mass is 317 g/mol. The lowest BCUT2D eigenvalue weighted by Crippen LogP contribution is -2.27. The highest BCUT2D eigenvalue weighted by Crippen LogP contribution is 2.19. The number of amides is 1. The summed E-state index contributed by atoms with van der Waals surface area (Å²) in [4.78, 5) is 12.2. The van der Waals surface area contributed by atoms with Gasteiger partial charge in [-0.25, -0.2) is 4.39 Å². The highest BCUT2D eigenvalue weighted by Gasteiger charge is 2.15. The van der Waals surface area contributed by atoms with E-state index in [1.807, 2.05) is 31.2 Å². The van der Waals surface area contributed by atoms with Gasteiger partial charge in [0.1, 0.15) is 11.6 Å². The minimum Gasteiger partial charge on any atom is -0.497 e. The number of aliphatic hydroxyl groups is 1. The van der Waals surface area contributed by atoms with E-state index in [0.29, 0.717) is 0 Å². The number of carbonyl (C=O) groups excluding carboxylic acids is 1. The van der Waals surface area contributed by atoms with E-state index in [1.54, 1.807) is 19.2 Å². The molecule has 1 amide bonds. The van der Waals surface area contributed by atoms with E-state index < -0.39 is 5.82 Å². The smallest absolute Gasteiger partial charge is 0.227 e. The number of ether oxygens (including phenoxy) is 1. The molecule has 0 aliphatic heterocycles. The van der Waals surface area contributed by atoms with Crippen molar-refractivity contribution in [3.05, 3.63) is 65.0 Å². The van der Waals surface area contributed by atoms with Crippen LogP contribution in [0.15, 0.2) is 42.5 Å². The van der Waals surface area contributed by atoms with Crippen LogP contribution in [0.4, 0.5) is 4.39 Å². The quantitative estimate of drug-likeness (QED) is 0.861. The van der Waals surface area contributed by atoms with Gasteiger partial charge in [0.2, 0.25) is 5.91 Å². The molecular weight excluding hydrogens is 297 g/mol. The Morgan fingerprint density at radius 2 is 1.96 bits per heavy atom. The maximum Gasteiger partial charge on any atom is 0.227 e. The molecule has 0 aromatic heterocycles. The second kappa shape index (κ2) is 7.74. The standard InChI is InChI=1S/C18H20FNO3/c1-12(14-4-6-16(23-2)7-5-14)18(22)20-10-13-3-8-17(19)15(9-13)11-21/h3-9,12,21H,10-11H2,1-2H3,(H,20,22). The van der Waals surface area contributed by atoms with E-state index >= 15 is 0 Å². The molecule has 0 aliphatic carbocycles. The van der Waals surface area contributed by atoms with Gasteiger partial charge in [-0.2, -0.15) is 0 Å². The number of carbonyl (C=O) groups is 1. The lowest BCUT2D eigenvalue weighted by Gasteiger charge is -2.13. The molecule has 2 rings (SSSR count). The summed E-state index contributed by atoms with van der Waals surface area (Å²) in [5.41, 5.74) is 1.85. The Balaban J connectivity index is 1.98. The average Bonchev–Trinajstić information content (AvgIpc) is 2.60. The van der Waals surface area contributed by atoms with Gasteiger partial charge in [-0.05, 0) is 42.3 Å². The number of hydrogen-bond acceptors (Lipinski definition) is 3. The van der Waals surface area contributed by atoms with Crippen molar-refractivity contribution in [3.8, 4) is 5.75 Å². The highest BCUT2D eigenvalue weighted by molar-refractivity contribution is 5.83. The van der Waals surface area contributed by atoms with Crippen LogP contribution in [0.3, 0.4) is 0 Å². The summed E-state index contributed by atoms with van der Waals surface area (Å²) in [5, 5.41) is 11.9. The second-order valence-corrected chi connectivity index (χ2v) is 5.30. The van der Waals surface area contributed by atoms with Crippen LogP contribution >= 0.6 is 0 Å². The molecule has 0 saturated carbocycles. The summed E-state index contributed by atoms with van der Waals surface area (Å²) in [6, 6.07) is 11.8. The Morgan fingerprint density at radius 1 is 1.26 bits per heavy atom. The first kappa shape index (κ1) is 17.0. The highest BCUT2D eigenvalue weighted by atomic mass is 19.1. The first-order valence-electron chi connectivity index (χ1n) is 7.35. The topological polar surface area (TPSA) is 58.6 Å². The van der Waals surface area contributed by atoms with Crippen molar-refractivity contribution in [3.63, 3.8) is 0 Å². The fourth-order valence-electron chi connectivity index (χ4n) is 2.25. The first-order chi connectivity index (χ1) is 11.0. The van der Waals surface area contributed by atoms with Crippen LogP contribution in [0.5, 0.6) is 5.75 Å². The largest absolute Gasteiger partial charge is 0.497 e. The van der Waals surface area contributed by atoms with Gasteiger partial charge < -0.3 is 15.2 Å². The van der Waals surface area contributed by atoms with Crippen molar-refractivity contribution >= 4 is 5.91 Å². The second-order valence-electron chi connectivity index (χ2n) is 5.30. The molecule has 0 radical (unpaired) electrons. The molecular formula is C18H20FNO3. The Bertz CT molecular complexity index is 670. The average molecular weight is 317 g/mol. The van der Waals surface area contributed by atoms with E-state index in [9.17, 15) is 9.18 Å². The maximum atomic E-state index is 13.3. The van der Waals surface area contributed by atoms with Crippen molar-refractivity contribution in [2.75, 3.05) is 7.11 Å². The maximum absolute atomic E-state index is 13.3. The van der Waals surface area contributed by atoms with Crippen molar-refractivity contribution in [2.24, 2.45) is 0 Å². The predicted molar refractivity (Wildman–Crippen MR) is 85.6 cm³/mol. The Hall–Kier alpha value is -2.40. The number of rotatable bonds is 6.